The van der Waals surface area contributed by atoms with E-state index in [-0.39, 0.29) is 22.1 Å². The van der Waals surface area contributed by atoms with E-state index in [0.29, 0.717) is 11.3 Å². The van der Waals surface area contributed by atoms with Crippen LogP contribution in [0.4, 0.5) is 5.69 Å². The van der Waals surface area contributed by atoms with E-state index < -0.39 is 10.9 Å². The van der Waals surface area contributed by atoms with Crippen LogP contribution < -0.4 is 20.6 Å². The standard InChI is InChI=1S/C16H14N4O5S/c1-24-14-8-10(9-18-19-16(17)26)2-7-13(14)25-15(21)11-3-5-12(6-4-11)20(22)23/h2-9H,1H3,(H3,17,19,26). The fourth-order valence-electron chi connectivity index (χ4n) is 1.90. The Morgan fingerprint density at radius 1 is 1.27 bits per heavy atom. The first-order chi connectivity index (χ1) is 12.4. The van der Waals surface area contributed by atoms with Crippen molar-refractivity contribution in [2.24, 2.45) is 10.8 Å². The molecule has 0 radical (unpaired) electrons. The third kappa shape index (κ3) is 4.98. The first kappa shape index (κ1) is 18.8. The molecular weight excluding hydrogens is 360 g/mol. The van der Waals surface area contributed by atoms with Crippen LogP contribution in [0.5, 0.6) is 11.5 Å². The normalized spacial score (nSPS) is 10.3. The Morgan fingerprint density at radius 2 is 1.96 bits per heavy atom. The smallest absolute Gasteiger partial charge is 0.343 e. The third-order valence-electron chi connectivity index (χ3n) is 3.09. The summed E-state index contributed by atoms with van der Waals surface area (Å²) in [6.07, 6.45) is 1.46. The number of methoxy groups -OCH3 is 1. The number of hydrogen-bond acceptors (Lipinski definition) is 7. The van der Waals surface area contributed by atoms with Gasteiger partial charge in [-0.2, -0.15) is 5.10 Å². The highest BCUT2D eigenvalue weighted by molar-refractivity contribution is 7.80. The maximum absolute atomic E-state index is 12.2. The number of esters is 1. The van der Waals surface area contributed by atoms with E-state index in [9.17, 15) is 14.9 Å². The topological polar surface area (TPSA) is 129 Å². The molecule has 0 saturated heterocycles. The number of benzene rings is 2. The second-order valence-electron chi connectivity index (χ2n) is 4.84. The zero-order valence-electron chi connectivity index (χ0n) is 13.5. The van der Waals surface area contributed by atoms with Gasteiger partial charge in [0.2, 0.25) is 0 Å². The summed E-state index contributed by atoms with van der Waals surface area (Å²) in [5.74, 6) is -0.176. The van der Waals surface area contributed by atoms with Crippen LogP contribution >= 0.6 is 12.2 Å². The third-order valence-corrected chi connectivity index (χ3v) is 3.18. The van der Waals surface area contributed by atoms with Crippen molar-refractivity contribution in [3.8, 4) is 11.5 Å². The van der Waals surface area contributed by atoms with E-state index in [1.807, 2.05) is 0 Å². The molecule has 0 aliphatic heterocycles. The molecule has 2 aromatic rings. The van der Waals surface area contributed by atoms with Gasteiger partial charge in [-0.05, 0) is 48.1 Å². The van der Waals surface area contributed by atoms with Crippen LogP contribution in [0.3, 0.4) is 0 Å². The Kier molecular flexibility index (Phi) is 6.17. The Morgan fingerprint density at radius 3 is 2.54 bits per heavy atom. The minimum absolute atomic E-state index is 0.0295. The van der Waals surface area contributed by atoms with Gasteiger partial charge in [-0.25, -0.2) is 4.79 Å². The van der Waals surface area contributed by atoms with Crippen LogP contribution in [-0.2, 0) is 0 Å². The SMILES string of the molecule is COc1cc(C=NNC(N)=S)ccc1OC(=O)c1ccc([N+](=O)[O-])cc1. The average molecular weight is 374 g/mol. The predicted octanol–water partition coefficient (Wildman–Crippen LogP) is 1.99. The van der Waals surface area contributed by atoms with Crippen LogP contribution in [-0.4, -0.2) is 29.3 Å². The number of nitrogens with two attached hydrogens (primary N) is 1. The van der Waals surface area contributed by atoms with Crippen LogP contribution in [0, 0.1) is 10.1 Å². The second-order valence-corrected chi connectivity index (χ2v) is 5.28. The quantitative estimate of drug-likeness (QED) is 0.196. The van der Waals surface area contributed by atoms with E-state index in [1.54, 1.807) is 12.1 Å². The fourth-order valence-corrected chi connectivity index (χ4v) is 1.95. The first-order valence-electron chi connectivity index (χ1n) is 7.14. The fraction of sp³-hybridized carbons (Fsp3) is 0.0625. The molecule has 0 bridgehead atoms. The average Bonchev–Trinajstić information content (AvgIpc) is 2.62. The lowest BCUT2D eigenvalue weighted by Gasteiger charge is -2.10. The summed E-state index contributed by atoms with van der Waals surface area (Å²) >= 11 is 4.63. The predicted molar refractivity (Wildman–Crippen MR) is 98.6 cm³/mol. The van der Waals surface area contributed by atoms with E-state index in [1.165, 1.54) is 43.7 Å². The van der Waals surface area contributed by atoms with Gasteiger partial charge in [0.25, 0.3) is 5.69 Å². The van der Waals surface area contributed by atoms with Gasteiger partial charge < -0.3 is 15.2 Å². The molecule has 0 aliphatic rings. The number of nitrogens with one attached hydrogen (secondary N) is 1. The van der Waals surface area contributed by atoms with E-state index in [0.717, 1.165) is 0 Å². The summed E-state index contributed by atoms with van der Waals surface area (Å²) in [5.41, 5.74) is 8.38. The number of hydrazone groups is 1. The zero-order chi connectivity index (χ0) is 19.1. The Bertz CT molecular complexity index is 867. The van der Waals surface area contributed by atoms with Crippen molar-refractivity contribution < 1.29 is 19.2 Å². The Hall–Kier alpha value is -3.53. The molecule has 0 spiro atoms. The molecule has 2 rings (SSSR count). The van der Waals surface area contributed by atoms with Gasteiger partial charge in [0, 0.05) is 12.1 Å². The molecule has 26 heavy (non-hydrogen) atoms. The Labute approximate surface area is 153 Å². The Balaban J connectivity index is 2.15. The molecule has 0 aliphatic carbocycles. The van der Waals surface area contributed by atoms with Crippen LogP contribution in [0.25, 0.3) is 0 Å². The molecule has 3 N–H and O–H groups in total. The lowest BCUT2D eigenvalue weighted by molar-refractivity contribution is -0.384. The molecule has 0 amide bonds. The summed E-state index contributed by atoms with van der Waals surface area (Å²) in [6, 6.07) is 9.86. The maximum Gasteiger partial charge on any atom is 0.343 e. The van der Waals surface area contributed by atoms with Crippen molar-refractivity contribution in [1.29, 1.82) is 0 Å². The van der Waals surface area contributed by atoms with Crippen LogP contribution in [0.1, 0.15) is 15.9 Å². The second kappa shape index (κ2) is 8.53. The molecular formula is C16H14N4O5S. The molecule has 0 saturated carbocycles. The number of non-ortho nitro benzene ring substituents is 1. The van der Waals surface area contributed by atoms with Crippen molar-refractivity contribution in [2.75, 3.05) is 7.11 Å². The summed E-state index contributed by atoms with van der Waals surface area (Å²) < 4.78 is 10.5. The van der Waals surface area contributed by atoms with Gasteiger partial charge in [0.05, 0.1) is 23.8 Å². The molecule has 0 atom stereocenters. The molecule has 2 aromatic carbocycles. The van der Waals surface area contributed by atoms with Crippen molar-refractivity contribution in [3.05, 3.63) is 63.7 Å². The molecule has 10 heteroatoms. The first-order valence-corrected chi connectivity index (χ1v) is 7.54. The monoisotopic (exact) mass is 374 g/mol. The van der Waals surface area contributed by atoms with Gasteiger partial charge in [-0.15, -0.1) is 0 Å². The van der Waals surface area contributed by atoms with E-state index >= 15 is 0 Å². The van der Waals surface area contributed by atoms with E-state index in [2.05, 4.69) is 22.7 Å². The van der Waals surface area contributed by atoms with Gasteiger partial charge >= 0.3 is 5.97 Å². The molecule has 0 heterocycles. The summed E-state index contributed by atoms with van der Waals surface area (Å²) in [5, 5.41) is 14.5. The number of thiocarbonyl (C=S) groups is 1. The minimum atomic E-state index is -0.672. The highest BCUT2D eigenvalue weighted by Gasteiger charge is 2.14. The van der Waals surface area contributed by atoms with Gasteiger partial charge in [-0.3, -0.25) is 15.5 Å². The number of ether oxygens (including phenoxy) is 2. The minimum Gasteiger partial charge on any atom is -0.493 e. The van der Waals surface area contributed by atoms with Crippen molar-refractivity contribution in [2.45, 2.75) is 0 Å². The summed E-state index contributed by atoms with van der Waals surface area (Å²) in [7, 11) is 1.42. The highest BCUT2D eigenvalue weighted by atomic mass is 32.1. The molecule has 0 aromatic heterocycles. The number of carbonyl (C=O) groups is 1. The highest BCUT2D eigenvalue weighted by Crippen LogP contribution is 2.28. The largest absolute Gasteiger partial charge is 0.493 e. The molecule has 134 valence electrons. The molecule has 0 fully saturated rings. The number of nitro benzene ring substituents is 1. The number of carbonyl (C=O) groups excluding carboxylic acids is 1. The van der Waals surface area contributed by atoms with Crippen LogP contribution in [0.2, 0.25) is 0 Å². The summed E-state index contributed by atoms with van der Waals surface area (Å²) in [6.45, 7) is 0. The lowest BCUT2D eigenvalue weighted by atomic mass is 10.2. The number of rotatable bonds is 6. The number of nitro groups is 1. The van der Waals surface area contributed by atoms with Crippen molar-refractivity contribution in [1.82, 2.24) is 5.43 Å². The zero-order valence-corrected chi connectivity index (χ0v) is 14.4. The maximum atomic E-state index is 12.2. The lowest BCUT2D eigenvalue weighted by Crippen LogP contribution is -2.23. The van der Waals surface area contributed by atoms with Crippen molar-refractivity contribution >= 4 is 35.2 Å². The van der Waals surface area contributed by atoms with Gasteiger partial charge in [0.15, 0.2) is 16.6 Å². The van der Waals surface area contributed by atoms with Crippen LogP contribution in [0.15, 0.2) is 47.6 Å². The molecule has 0 unspecified atom stereocenters. The van der Waals surface area contributed by atoms with Gasteiger partial charge in [-0.1, -0.05) is 0 Å². The number of hydrogen-bond donors (Lipinski definition) is 2. The number of nitrogens with zero attached hydrogens (tertiary/aromatic N) is 2. The van der Waals surface area contributed by atoms with E-state index in [4.69, 9.17) is 15.2 Å². The van der Waals surface area contributed by atoms with Crippen molar-refractivity contribution in [3.63, 3.8) is 0 Å². The molecule has 9 nitrogen and oxygen atoms in total. The van der Waals surface area contributed by atoms with Gasteiger partial charge in [0.1, 0.15) is 0 Å². The summed E-state index contributed by atoms with van der Waals surface area (Å²) in [4.78, 5) is 22.3.